The van der Waals surface area contributed by atoms with Crippen molar-refractivity contribution >= 4 is 23.3 Å². The number of aromatic nitrogens is 1. The maximum absolute atomic E-state index is 12.3. The monoisotopic (exact) mass is 317 g/mol. The standard InChI is InChI=1S/C16H15NO4S/c1-9-8-12(15(18)20-9)21-16(19)13-10(2)17-14(22-13)11-6-4-3-5-7-11/h3-7,9,12H,8H2,1-2H3. The van der Waals surface area contributed by atoms with E-state index in [-0.39, 0.29) is 6.10 Å². The summed E-state index contributed by atoms with van der Waals surface area (Å²) >= 11 is 1.27. The topological polar surface area (TPSA) is 65.5 Å². The molecular weight excluding hydrogens is 302 g/mol. The van der Waals surface area contributed by atoms with Crippen LogP contribution < -0.4 is 0 Å². The molecule has 2 atom stereocenters. The molecule has 0 radical (unpaired) electrons. The van der Waals surface area contributed by atoms with E-state index in [4.69, 9.17) is 9.47 Å². The number of rotatable bonds is 3. The minimum Gasteiger partial charge on any atom is -0.460 e. The predicted octanol–water partition coefficient (Wildman–Crippen LogP) is 2.98. The van der Waals surface area contributed by atoms with Gasteiger partial charge in [-0.25, -0.2) is 14.6 Å². The van der Waals surface area contributed by atoms with Crippen LogP contribution in [0.3, 0.4) is 0 Å². The summed E-state index contributed by atoms with van der Waals surface area (Å²) in [6, 6.07) is 9.62. The summed E-state index contributed by atoms with van der Waals surface area (Å²) in [6.07, 6.45) is -0.634. The third kappa shape index (κ3) is 2.87. The van der Waals surface area contributed by atoms with Crippen LogP contribution in [0.25, 0.3) is 10.6 Å². The van der Waals surface area contributed by atoms with Crippen molar-refractivity contribution in [3.63, 3.8) is 0 Å². The summed E-state index contributed by atoms with van der Waals surface area (Å²) in [6.45, 7) is 3.53. The molecule has 114 valence electrons. The first-order valence-electron chi connectivity index (χ1n) is 6.99. The Morgan fingerprint density at radius 1 is 1.36 bits per heavy atom. The maximum Gasteiger partial charge on any atom is 0.351 e. The number of ether oxygens (including phenoxy) is 2. The smallest absolute Gasteiger partial charge is 0.351 e. The van der Waals surface area contributed by atoms with Crippen LogP contribution in [0.4, 0.5) is 0 Å². The molecule has 0 N–H and O–H groups in total. The van der Waals surface area contributed by atoms with Crippen LogP contribution >= 0.6 is 11.3 Å². The normalized spacial score (nSPS) is 20.7. The van der Waals surface area contributed by atoms with Crippen molar-refractivity contribution in [2.24, 2.45) is 0 Å². The van der Waals surface area contributed by atoms with Crippen molar-refractivity contribution in [1.29, 1.82) is 0 Å². The van der Waals surface area contributed by atoms with Gasteiger partial charge in [0, 0.05) is 12.0 Å². The number of benzene rings is 1. The molecule has 0 spiro atoms. The van der Waals surface area contributed by atoms with E-state index in [0.717, 1.165) is 10.6 Å². The Kier molecular flexibility index (Phi) is 3.94. The molecule has 3 rings (SSSR count). The molecule has 2 unspecified atom stereocenters. The molecule has 1 aromatic heterocycles. The van der Waals surface area contributed by atoms with E-state index in [0.29, 0.717) is 17.0 Å². The van der Waals surface area contributed by atoms with Crippen molar-refractivity contribution in [3.8, 4) is 10.6 Å². The Labute approximate surface area is 131 Å². The van der Waals surface area contributed by atoms with Crippen LogP contribution in [0.5, 0.6) is 0 Å². The molecule has 0 saturated carbocycles. The molecule has 1 aliphatic heterocycles. The van der Waals surface area contributed by atoms with Crippen molar-refractivity contribution < 1.29 is 19.1 Å². The molecule has 6 heteroatoms. The van der Waals surface area contributed by atoms with Gasteiger partial charge < -0.3 is 9.47 Å². The van der Waals surface area contributed by atoms with E-state index < -0.39 is 18.0 Å². The van der Waals surface area contributed by atoms with Gasteiger partial charge in [-0.1, -0.05) is 30.3 Å². The first-order chi connectivity index (χ1) is 10.5. The number of nitrogens with zero attached hydrogens (tertiary/aromatic N) is 1. The first-order valence-corrected chi connectivity index (χ1v) is 7.80. The quantitative estimate of drug-likeness (QED) is 0.814. The third-order valence-corrected chi connectivity index (χ3v) is 4.56. The molecule has 2 aromatic rings. The highest BCUT2D eigenvalue weighted by Crippen LogP contribution is 2.29. The highest BCUT2D eigenvalue weighted by atomic mass is 32.1. The lowest BCUT2D eigenvalue weighted by Crippen LogP contribution is -2.22. The summed E-state index contributed by atoms with van der Waals surface area (Å²) in [5.41, 5.74) is 1.55. The fraction of sp³-hybridized carbons (Fsp3) is 0.312. The lowest BCUT2D eigenvalue weighted by atomic mass is 10.2. The average Bonchev–Trinajstić information content (AvgIpc) is 3.03. The Morgan fingerprint density at radius 2 is 2.09 bits per heavy atom. The third-order valence-electron chi connectivity index (χ3n) is 3.38. The predicted molar refractivity (Wildman–Crippen MR) is 81.7 cm³/mol. The van der Waals surface area contributed by atoms with E-state index in [1.165, 1.54) is 11.3 Å². The lowest BCUT2D eigenvalue weighted by molar-refractivity contribution is -0.147. The Bertz CT molecular complexity index is 710. The summed E-state index contributed by atoms with van der Waals surface area (Å²) < 4.78 is 10.3. The van der Waals surface area contributed by atoms with Gasteiger partial charge in [-0.15, -0.1) is 11.3 Å². The molecule has 5 nitrogen and oxygen atoms in total. The largest absolute Gasteiger partial charge is 0.460 e. The van der Waals surface area contributed by atoms with Crippen molar-refractivity contribution in [3.05, 3.63) is 40.9 Å². The zero-order valence-corrected chi connectivity index (χ0v) is 13.1. The number of carbonyl (C=O) groups excluding carboxylic acids is 2. The second kappa shape index (κ2) is 5.88. The SMILES string of the molecule is Cc1nc(-c2ccccc2)sc1C(=O)OC1CC(C)OC1=O. The minimum atomic E-state index is -0.816. The Balaban J connectivity index is 1.79. The zero-order chi connectivity index (χ0) is 15.7. The van der Waals surface area contributed by atoms with Gasteiger partial charge in [-0.3, -0.25) is 0 Å². The summed E-state index contributed by atoms with van der Waals surface area (Å²) in [7, 11) is 0. The van der Waals surface area contributed by atoms with Crippen LogP contribution in [-0.4, -0.2) is 29.1 Å². The number of hydrogen-bond acceptors (Lipinski definition) is 6. The fourth-order valence-corrected chi connectivity index (χ4v) is 3.24. The zero-order valence-electron chi connectivity index (χ0n) is 12.2. The molecule has 2 heterocycles. The van der Waals surface area contributed by atoms with Gasteiger partial charge in [0.25, 0.3) is 0 Å². The molecule has 1 fully saturated rings. The molecule has 1 aromatic carbocycles. The molecule has 0 amide bonds. The van der Waals surface area contributed by atoms with E-state index in [1.807, 2.05) is 30.3 Å². The number of thiazole rings is 1. The number of esters is 2. The molecule has 0 bridgehead atoms. The Hall–Kier alpha value is -2.21. The van der Waals surface area contributed by atoms with E-state index in [1.54, 1.807) is 13.8 Å². The number of hydrogen-bond donors (Lipinski definition) is 0. The van der Waals surface area contributed by atoms with Gasteiger partial charge in [-0.05, 0) is 13.8 Å². The second-order valence-electron chi connectivity index (χ2n) is 5.18. The minimum absolute atomic E-state index is 0.215. The van der Waals surface area contributed by atoms with Gasteiger partial charge in [0.15, 0.2) is 0 Å². The van der Waals surface area contributed by atoms with Crippen molar-refractivity contribution in [2.75, 3.05) is 0 Å². The van der Waals surface area contributed by atoms with Gasteiger partial charge in [0.05, 0.1) is 5.69 Å². The number of aryl methyl sites for hydroxylation is 1. The van der Waals surface area contributed by atoms with E-state index >= 15 is 0 Å². The van der Waals surface area contributed by atoms with Gasteiger partial charge in [0.2, 0.25) is 6.10 Å². The second-order valence-corrected chi connectivity index (χ2v) is 6.18. The number of cyclic esters (lactones) is 1. The van der Waals surface area contributed by atoms with E-state index in [9.17, 15) is 9.59 Å². The Morgan fingerprint density at radius 3 is 2.73 bits per heavy atom. The summed E-state index contributed by atoms with van der Waals surface area (Å²) in [5, 5.41) is 0.757. The van der Waals surface area contributed by atoms with Crippen molar-refractivity contribution in [1.82, 2.24) is 4.98 Å². The van der Waals surface area contributed by atoms with Crippen LogP contribution in [0, 0.1) is 6.92 Å². The van der Waals surface area contributed by atoms with Gasteiger partial charge in [-0.2, -0.15) is 0 Å². The van der Waals surface area contributed by atoms with Crippen LogP contribution in [0.1, 0.15) is 28.7 Å². The summed E-state index contributed by atoms with van der Waals surface area (Å²) in [4.78, 5) is 28.6. The van der Waals surface area contributed by atoms with Crippen LogP contribution in [-0.2, 0) is 14.3 Å². The lowest BCUT2D eigenvalue weighted by Gasteiger charge is -2.06. The molecule has 0 aliphatic carbocycles. The molecule has 22 heavy (non-hydrogen) atoms. The van der Waals surface area contributed by atoms with Crippen LogP contribution in [0.2, 0.25) is 0 Å². The molecule has 1 saturated heterocycles. The van der Waals surface area contributed by atoms with Crippen molar-refractivity contribution in [2.45, 2.75) is 32.5 Å². The summed E-state index contributed by atoms with van der Waals surface area (Å²) in [5.74, 6) is -1.00. The number of carbonyl (C=O) groups is 2. The average molecular weight is 317 g/mol. The fourth-order valence-electron chi connectivity index (χ4n) is 2.29. The van der Waals surface area contributed by atoms with Gasteiger partial charge in [0.1, 0.15) is 16.0 Å². The molecule has 1 aliphatic rings. The van der Waals surface area contributed by atoms with E-state index in [2.05, 4.69) is 4.98 Å². The first kappa shape index (κ1) is 14.7. The highest BCUT2D eigenvalue weighted by Gasteiger charge is 2.36. The van der Waals surface area contributed by atoms with Crippen LogP contribution in [0.15, 0.2) is 30.3 Å². The maximum atomic E-state index is 12.3. The van der Waals surface area contributed by atoms with Gasteiger partial charge >= 0.3 is 11.9 Å². The molecular formula is C16H15NO4S. The highest BCUT2D eigenvalue weighted by molar-refractivity contribution is 7.17.